The van der Waals surface area contributed by atoms with E-state index in [0.717, 1.165) is 6.61 Å². The van der Waals surface area contributed by atoms with Crippen LogP contribution >= 0.6 is 0 Å². The van der Waals surface area contributed by atoms with E-state index in [-0.39, 0.29) is 0 Å². The molecule has 0 aromatic heterocycles. The fourth-order valence-corrected chi connectivity index (χ4v) is 1.38. The number of rotatable bonds is 2. The normalized spacial score (nSPS) is 42.8. The summed E-state index contributed by atoms with van der Waals surface area (Å²) in [7, 11) is 0. The summed E-state index contributed by atoms with van der Waals surface area (Å²) in [5.41, 5.74) is -1.48. The number of hydrogen-bond acceptors (Lipinski definition) is 4. The van der Waals surface area contributed by atoms with E-state index in [2.05, 4.69) is 0 Å². The topological polar surface area (TPSA) is 69.9 Å². The van der Waals surface area contributed by atoms with Crippen molar-refractivity contribution in [1.29, 1.82) is 0 Å². The molecule has 3 N–H and O–H groups in total. The summed E-state index contributed by atoms with van der Waals surface area (Å²) in [6.07, 6.45) is 0.350. The molecule has 4 nitrogen and oxygen atoms in total. The van der Waals surface area contributed by atoms with E-state index < -0.39 is 23.9 Å². The Bertz CT molecular complexity index is 202. The predicted octanol–water partition coefficient (Wildman–Crippen LogP) is -0.404. The van der Waals surface area contributed by atoms with Crippen molar-refractivity contribution in [2.45, 2.75) is 37.8 Å². The van der Waals surface area contributed by atoms with Gasteiger partial charge in [-0.15, -0.1) is 0 Å². The van der Waals surface area contributed by atoms with Gasteiger partial charge >= 0.3 is 0 Å². The van der Waals surface area contributed by atoms with E-state index in [4.69, 9.17) is 4.74 Å². The van der Waals surface area contributed by atoms with Gasteiger partial charge in [0.2, 0.25) is 0 Å². The first-order valence-electron chi connectivity index (χ1n) is 4.23. The van der Waals surface area contributed by atoms with E-state index >= 15 is 0 Å². The minimum absolute atomic E-state index is 0.763. The molecule has 4 atom stereocenters. The van der Waals surface area contributed by atoms with Crippen LogP contribution in [0.25, 0.3) is 0 Å². The highest BCUT2D eigenvalue weighted by atomic mass is 16.5. The van der Waals surface area contributed by atoms with Crippen LogP contribution in [0, 0.1) is 6.61 Å². The Kier molecular flexibility index (Phi) is 3.08. The Morgan fingerprint density at radius 1 is 1.62 bits per heavy atom. The second-order valence-corrected chi connectivity index (χ2v) is 3.29. The van der Waals surface area contributed by atoms with Crippen LogP contribution in [0.15, 0.2) is 12.2 Å². The van der Waals surface area contributed by atoms with Crippen LogP contribution < -0.4 is 0 Å². The third-order valence-electron chi connectivity index (χ3n) is 2.11. The van der Waals surface area contributed by atoms with Crippen LogP contribution in [0.5, 0.6) is 0 Å². The van der Waals surface area contributed by atoms with Crippen molar-refractivity contribution in [1.82, 2.24) is 0 Å². The van der Waals surface area contributed by atoms with E-state index in [1.807, 2.05) is 0 Å². The highest BCUT2D eigenvalue weighted by Gasteiger charge is 2.48. The molecule has 0 bridgehead atoms. The molecular weight excluding hydrogens is 172 g/mol. The molecule has 1 unspecified atom stereocenters. The minimum atomic E-state index is -1.48. The van der Waals surface area contributed by atoms with Gasteiger partial charge in [0.25, 0.3) is 0 Å². The highest BCUT2D eigenvalue weighted by Crippen LogP contribution is 2.31. The van der Waals surface area contributed by atoms with Gasteiger partial charge in [-0.1, -0.05) is 12.2 Å². The first-order chi connectivity index (χ1) is 6.01. The van der Waals surface area contributed by atoms with Crippen molar-refractivity contribution in [3.63, 3.8) is 0 Å². The summed E-state index contributed by atoms with van der Waals surface area (Å²) in [5, 5.41) is 28.5. The van der Waals surface area contributed by atoms with Crippen LogP contribution in [0.4, 0.5) is 0 Å². The van der Waals surface area contributed by atoms with Crippen molar-refractivity contribution in [2.24, 2.45) is 0 Å². The van der Waals surface area contributed by atoms with Gasteiger partial charge in [0.15, 0.2) is 0 Å². The summed E-state index contributed by atoms with van der Waals surface area (Å²) in [6, 6.07) is 0. The molecule has 13 heavy (non-hydrogen) atoms. The van der Waals surface area contributed by atoms with E-state index in [1.165, 1.54) is 13.0 Å². The standard InChI is InChI=1S/C9H15O4/c1-3-4-9(12)5-13-7(6(2)10)8(9)11/h3-8,10-12H,1-2H3/t6?,7-,8-,9+/m1/s1. The molecule has 4 heteroatoms. The Morgan fingerprint density at radius 3 is 2.62 bits per heavy atom. The fraction of sp³-hybridized carbons (Fsp3) is 0.667. The second kappa shape index (κ2) is 3.75. The highest BCUT2D eigenvalue weighted by molar-refractivity contribution is 5.16. The van der Waals surface area contributed by atoms with Gasteiger partial charge in [-0.2, -0.15) is 0 Å². The van der Waals surface area contributed by atoms with Gasteiger partial charge in [-0.25, -0.2) is 0 Å². The van der Waals surface area contributed by atoms with Crippen LogP contribution in [-0.2, 0) is 4.74 Å². The van der Waals surface area contributed by atoms with Crippen molar-refractivity contribution in [2.75, 3.05) is 0 Å². The number of aliphatic hydroxyl groups is 3. The fourth-order valence-electron chi connectivity index (χ4n) is 1.38. The minimum Gasteiger partial charge on any atom is -0.391 e. The third kappa shape index (κ3) is 1.91. The molecule has 1 aliphatic heterocycles. The Labute approximate surface area is 77.5 Å². The van der Waals surface area contributed by atoms with E-state index in [1.54, 1.807) is 13.0 Å². The molecular formula is C9H15O4. The maximum Gasteiger partial charge on any atom is 0.140 e. The molecule has 0 aliphatic carbocycles. The zero-order chi connectivity index (χ0) is 10.1. The lowest BCUT2D eigenvalue weighted by Crippen LogP contribution is -2.44. The SMILES string of the molecule is CC=C[C@]1(O)[CH]O[C@H](C(C)O)[C@H]1O. The van der Waals surface area contributed by atoms with Crippen molar-refractivity contribution >= 4 is 0 Å². The lowest BCUT2D eigenvalue weighted by atomic mass is 9.94. The van der Waals surface area contributed by atoms with Crippen molar-refractivity contribution < 1.29 is 20.1 Å². The predicted molar refractivity (Wildman–Crippen MR) is 46.6 cm³/mol. The molecule has 1 fully saturated rings. The number of hydrogen-bond donors (Lipinski definition) is 3. The second-order valence-electron chi connectivity index (χ2n) is 3.29. The van der Waals surface area contributed by atoms with Crippen molar-refractivity contribution in [3.8, 4) is 0 Å². The molecule has 0 aromatic rings. The maximum atomic E-state index is 9.75. The first kappa shape index (κ1) is 10.7. The quantitative estimate of drug-likeness (QED) is 0.514. The van der Waals surface area contributed by atoms with Gasteiger partial charge in [0.05, 0.1) is 6.10 Å². The molecule has 0 aromatic carbocycles. The molecule has 0 saturated carbocycles. The van der Waals surface area contributed by atoms with E-state index in [9.17, 15) is 15.3 Å². The summed E-state index contributed by atoms with van der Waals surface area (Å²) in [5.74, 6) is 0. The Morgan fingerprint density at radius 2 is 2.23 bits per heavy atom. The lowest BCUT2D eigenvalue weighted by molar-refractivity contribution is -0.0527. The molecule has 0 spiro atoms. The van der Waals surface area contributed by atoms with Crippen LogP contribution in [0.1, 0.15) is 13.8 Å². The van der Waals surface area contributed by atoms with Gasteiger partial charge in [-0.05, 0) is 13.8 Å². The summed E-state index contributed by atoms with van der Waals surface area (Å²) in [4.78, 5) is 0. The van der Waals surface area contributed by atoms with Crippen LogP contribution in [-0.4, -0.2) is 39.2 Å². The molecule has 1 radical (unpaired) electrons. The molecule has 1 heterocycles. The molecule has 75 valence electrons. The van der Waals surface area contributed by atoms with Gasteiger partial charge in [-0.3, -0.25) is 0 Å². The van der Waals surface area contributed by atoms with E-state index in [0.29, 0.717) is 0 Å². The smallest absolute Gasteiger partial charge is 0.140 e. The summed E-state index contributed by atoms with van der Waals surface area (Å²) in [6.45, 7) is 4.38. The lowest BCUT2D eigenvalue weighted by Gasteiger charge is -2.23. The van der Waals surface area contributed by atoms with Crippen LogP contribution in [0.3, 0.4) is 0 Å². The van der Waals surface area contributed by atoms with Gasteiger partial charge < -0.3 is 20.1 Å². The van der Waals surface area contributed by atoms with Crippen LogP contribution in [0.2, 0.25) is 0 Å². The molecule has 1 saturated heterocycles. The first-order valence-corrected chi connectivity index (χ1v) is 4.23. The summed E-state index contributed by atoms with van der Waals surface area (Å²) >= 11 is 0. The summed E-state index contributed by atoms with van der Waals surface area (Å²) < 4.78 is 4.97. The largest absolute Gasteiger partial charge is 0.391 e. The average molecular weight is 187 g/mol. The third-order valence-corrected chi connectivity index (χ3v) is 2.11. The zero-order valence-corrected chi connectivity index (χ0v) is 7.71. The molecule has 1 aliphatic rings. The van der Waals surface area contributed by atoms with Gasteiger partial charge in [0, 0.05) is 0 Å². The zero-order valence-electron chi connectivity index (χ0n) is 7.71. The molecule has 0 amide bonds. The number of allylic oxidation sites excluding steroid dienone is 1. The Hall–Kier alpha value is -0.420. The number of ether oxygens (including phenoxy) is 1. The van der Waals surface area contributed by atoms with Gasteiger partial charge in [0.1, 0.15) is 24.4 Å². The molecule has 1 rings (SSSR count). The maximum absolute atomic E-state index is 9.75. The number of aliphatic hydroxyl groups excluding tert-OH is 2. The Balaban J connectivity index is 2.74. The van der Waals surface area contributed by atoms with Crippen molar-refractivity contribution in [3.05, 3.63) is 18.8 Å². The monoisotopic (exact) mass is 187 g/mol. The average Bonchev–Trinajstić information content (AvgIpc) is 2.30.